The van der Waals surface area contributed by atoms with E-state index in [1.165, 1.54) is 6.08 Å². The number of hydrogen-bond acceptors (Lipinski definition) is 3. The highest BCUT2D eigenvalue weighted by Crippen LogP contribution is 2.24. The fourth-order valence-corrected chi connectivity index (χ4v) is 2.44. The summed E-state index contributed by atoms with van der Waals surface area (Å²) in [5.74, 6) is -0.519. The number of amides is 1. The quantitative estimate of drug-likeness (QED) is 0.647. The Kier molecular flexibility index (Phi) is 6.21. The van der Waals surface area contributed by atoms with Crippen LogP contribution in [0, 0.1) is 13.8 Å². The van der Waals surface area contributed by atoms with Gasteiger partial charge in [-0.3, -0.25) is 4.79 Å². The minimum Gasteiger partial charge on any atom is -0.462 e. The first-order valence-electron chi connectivity index (χ1n) is 7.30. The number of hydrogen-bond donors (Lipinski definition) is 1. The molecule has 0 aliphatic heterocycles. The average Bonchev–Trinajstić information content (AvgIpc) is 2.67. The number of likely N-dealkylation sites (N-methyl/N-ethyl adjacent to an activating group) is 1. The van der Waals surface area contributed by atoms with Gasteiger partial charge in [0.2, 0.25) is 5.91 Å². The van der Waals surface area contributed by atoms with E-state index in [-0.39, 0.29) is 11.9 Å². The molecule has 0 fully saturated rings. The van der Waals surface area contributed by atoms with Gasteiger partial charge in [-0.15, -0.1) is 0 Å². The second-order valence-electron chi connectivity index (χ2n) is 4.65. The average molecular weight is 292 g/mol. The molecule has 0 unspecified atom stereocenters. The number of carbonyl (C=O) groups excluding carboxylic acids is 2. The molecule has 1 heterocycles. The lowest BCUT2D eigenvalue weighted by molar-refractivity contribution is -0.116. The molecule has 1 aromatic heterocycles. The fourth-order valence-electron chi connectivity index (χ4n) is 2.44. The van der Waals surface area contributed by atoms with Crippen LogP contribution in [0.1, 0.15) is 48.1 Å². The number of esters is 1. The van der Waals surface area contributed by atoms with Crippen LogP contribution in [0.2, 0.25) is 0 Å². The third-order valence-electron chi connectivity index (χ3n) is 3.38. The maximum atomic E-state index is 12.2. The van der Waals surface area contributed by atoms with Crippen LogP contribution in [0.4, 0.5) is 0 Å². The van der Waals surface area contributed by atoms with E-state index in [2.05, 4.69) is 5.32 Å². The molecule has 0 aliphatic carbocycles. The summed E-state index contributed by atoms with van der Waals surface area (Å²) in [7, 11) is 0. The Labute approximate surface area is 126 Å². The lowest BCUT2D eigenvalue weighted by atomic mass is 10.1. The lowest BCUT2D eigenvalue weighted by Gasteiger charge is -2.05. The van der Waals surface area contributed by atoms with Crippen molar-refractivity contribution in [2.75, 3.05) is 13.2 Å². The maximum Gasteiger partial charge on any atom is 0.340 e. The van der Waals surface area contributed by atoms with Crippen LogP contribution in [-0.2, 0) is 16.1 Å². The molecule has 0 saturated heterocycles. The Hall–Kier alpha value is -2.04. The van der Waals surface area contributed by atoms with Crippen LogP contribution in [0.25, 0.3) is 6.08 Å². The van der Waals surface area contributed by atoms with E-state index in [1.807, 2.05) is 32.3 Å². The van der Waals surface area contributed by atoms with Crippen LogP contribution in [-0.4, -0.2) is 29.6 Å². The molecule has 116 valence electrons. The molecule has 0 spiro atoms. The van der Waals surface area contributed by atoms with Crippen molar-refractivity contribution >= 4 is 18.0 Å². The summed E-state index contributed by atoms with van der Waals surface area (Å²) in [5, 5.41) is 2.70. The highest BCUT2D eigenvalue weighted by molar-refractivity contribution is 5.98. The van der Waals surface area contributed by atoms with Gasteiger partial charge >= 0.3 is 5.97 Å². The zero-order chi connectivity index (χ0) is 16.0. The predicted octanol–water partition coefficient (Wildman–Crippen LogP) is 2.45. The first-order valence-corrected chi connectivity index (χ1v) is 7.30. The standard InChI is InChI=1S/C16H24N2O3/c1-6-17-14(19)10-9-13-11(4)18(7-2)12(5)15(13)16(20)21-8-3/h9-10H,6-8H2,1-5H3,(H,17,19). The number of carbonyl (C=O) groups is 2. The molecular weight excluding hydrogens is 268 g/mol. The van der Waals surface area contributed by atoms with Gasteiger partial charge in [-0.25, -0.2) is 4.79 Å². The van der Waals surface area contributed by atoms with E-state index < -0.39 is 0 Å². The Morgan fingerprint density at radius 2 is 1.86 bits per heavy atom. The first-order chi connectivity index (χ1) is 9.97. The fraction of sp³-hybridized carbons (Fsp3) is 0.500. The van der Waals surface area contributed by atoms with Gasteiger partial charge in [0.1, 0.15) is 0 Å². The third kappa shape index (κ3) is 3.74. The summed E-state index contributed by atoms with van der Waals surface area (Å²) >= 11 is 0. The summed E-state index contributed by atoms with van der Waals surface area (Å²) in [6, 6.07) is 0. The van der Waals surface area contributed by atoms with E-state index in [0.29, 0.717) is 18.7 Å². The normalized spacial score (nSPS) is 10.9. The van der Waals surface area contributed by atoms with E-state index in [1.54, 1.807) is 13.0 Å². The molecule has 1 aromatic rings. The molecule has 0 radical (unpaired) electrons. The van der Waals surface area contributed by atoms with Gasteiger partial charge in [-0.2, -0.15) is 0 Å². The first kappa shape index (κ1) is 17.0. The second kappa shape index (κ2) is 7.67. The van der Waals surface area contributed by atoms with Crippen molar-refractivity contribution in [3.8, 4) is 0 Å². The second-order valence-corrected chi connectivity index (χ2v) is 4.65. The van der Waals surface area contributed by atoms with Gasteiger partial charge in [-0.05, 0) is 40.7 Å². The molecule has 1 rings (SSSR count). The molecule has 5 heteroatoms. The molecular formula is C16H24N2O3. The van der Waals surface area contributed by atoms with E-state index >= 15 is 0 Å². The van der Waals surface area contributed by atoms with E-state index in [9.17, 15) is 9.59 Å². The summed E-state index contributed by atoms with van der Waals surface area (Å²) < 4.78 is 7.18. The Bertz CT molecular complexity index is 556. The smallest absolute Gasteiger partial charge is 0.340 e. The monoisotopic (exact) mass is 292 g/mol. The highest BCUT2D eigenvalue weighted by atomic mass is 16.5. The van der Waals surface area contributed by atoms with Crippen molar-refractivity contribution < 1.29 is 14.3 Å². The molecule has 0 aromatic carbocycles. The number of aromatic nitrogens is 1. The minimum absolute atomic E-state index is 0.173. The molecule has 1 N–H and O–H groups in total. The largest absolute Gasteiger partial charge is 0.462 e. The van der Waals surface area contributed by atoms with Crippen LogP contribution >= 0.6 is 0 Å². The van der Waals surface area contributed by atoms with Crippen LogP contribution in [0.15, 0.2) is 6.08 Å². The molecule has 0 bridgehead atoms. The summed E-state index contributed by atoms with van der Waals surface area (Å²) in [6.07, 6.45) is 3.14. The zero-order valence-electron chi connectivity index (χ0n) is 13.4. The molecule has 0 aliphatic rings. The molecule has 1 amide bonds. The van der Waals surface area contributed by atoms with Gasteiger partial charge in [0.15, 0.2) is 0 Å². The van der Waals surface area contributed by atoms with Crippen molar-refractivity contribution in [1.82, 2.24) is 9.88 Å². The molecule has 5 nitrogen and oxygen atoms in total. The zero-order valence-corrected chi connectivity index (χ0v) is 13.4. The molecule has 0 saturated carbocycles. The molecule has 21 heavy (non-hydrogen) atoms. The van der Waals surface area contributed by atoms with Gasteiger partial charge in [-0.1, -0.05) is 0 Å². The van der Waals surface area contributed by atoms with Crippen molar-refractivity contribution in [3.05, 3.63) is 28.6 Å². The maximum absolute atomic E-state index is 12.2. The van der Waals surface area contributed by atoms with E-state index in [4.69, 9.17) is 4.74 Å². The Morgan fingerprint density at radius 1 is 1.19 bits per heavy atom. The van der Waals surface area contributed by atoms with Crippen LogP contribution in [0.5, 0.6) is 0 Å². The summed E-state index contributed by atoms with van der Waals surface area (Å²) in [6.45, 7) is 11.2. The number of rotatable bonds is 6. The minimum atomic E-state index is -0.346. The van der Waals surface area contributed by atoms with Gasteiger partial charge < -0.3 is 14.6 Å². The van der Waals surface area contributed by atoms with Crippen LogP contribution < -0.4 is 5.32 Å². The van der Waals surface area contributed by atoms with Gasteiger partial charge in [0.05, 0.1) is 12.2 Å². The van der Waals surface area contributed by atoms with Gasteiger partial charge in [0.25, 0.3) is 0 Å². The number of nitrogens with one attached hydrogen (secondary N) is 1. The predicted molar refractivity (Wildman–Crippen MR) is 83.3 cm³/mol. The van der Waals surface area contributed by atoms with Crippen molar-refractivity contribution in [2.45, 2.75) is 41.2 Å². The Balaban J connectivity index is 3.28. The highest BCUT2D eigenvalue weighted by Gasteiger charge is 2.22. The molecule has 0 atom stereocenters. The van der Waals surface area contributed by atoms with Crippen molar-refractivity contribution in [1.29, 1.82) is 0 Å². The van der Waals surface area contributed by atoms with Crippen LogP contribution in [0.3, 0.4) is 0 Å². The van der Waals surface area contributed by atoms with Crippen molar-refractivity contribution in [3.63, 3.8) is 0 Å². The lowest BCUT2D eigenvalue weighted by Crippen LogP contribution is -2.19. The summed E-state index contributed by atoms with van der Waals surface area (Å²) in [5.41, 5.74) is 3.11. The van der Waals surface area contributed by atoms with Gasteiger partial charge in [0, 0.05) is 36.1 Å². The van der Waals surface area contributed by atoms with Crippen molar-refractivity contribution in [2.24, 2.45) is 0 Å². The van der Waals surface area contributed by atoms with E-state index in [0.717, 1.165) is 23.5 Å². The Morgan fingerprint density at radius 3 is 2.38 bits per heavy atom. The SMILES string of the molecule is CCNC(=O)C=Cc1c(C(=O)OCC)c(C)n(CC)c1C. The summed E-state index contributed by atoms with van der Waals surface area (Å²) in [4.78, 5) is 23.7. The topological polar surface area (TPSA) is 60.3 Å². The third-order valence-corrected chi connectivity index (χ3v) is 3.38. The number of nitrogens with zero attached hydrogens (tertiary/aromatic N) is 1. The number of ether oxygens (including phenoxy) is 1.